The molecule has 0 spiro atoms. The lowest BCUT2D eigenvalue weighted by atomic mass is 10.1. The molecule has 0 aromatic rings. The molecule has 21 heavy (non-hydrogen) atoms. The van der Waals surface area contributed by atoms with Gasteiger partial charge < -0.3 is 19.8 Å². The second-order valence-electron chi connectivity index (χ2n) is 4.40. The van der Waals surface area contributed by atoms with Crippen molar-refractivity contribution in [1.29, 1.82) is 0 Å². The van der Waals surface area contributed by atoms with Crippen LogP contribution >= 0.6 is 0 Å². The maximum atomic E-state index is 11.7. The van der Waals surface area contributed by atoms with Crippen LogP contribution in [0.3, 0.4) is 0 Å². The van der Waals surface area contributed by atoms with Crippen molar-refractivity contribution in [3.63, 3.8) is 0 Å². The molecule has 0 saturated heterocycles. The summed E-state index contributed by atoms with van der Waals surface area (Å²) in [5, 5.41) is 17.3. The maximum Gasteiger partial charge on any atom is 0.323 e. The van der Waals surface area contributed by atoms with E-state index in [4.69, 9.17) is 14.9 Å². The Morgan fingerprint density at radius 2 is 1.43 bits per heavy atom. The normalized spacial score (nSPS) is 9.95. The van der Waals surface area contributed by atoms with Gasteiger partial charge >= 0.3 is 17.9 Å². The minimum absolute atomic E-state index is 0.0589. The Morgan fingerprint density at radius 3 is 1.90 bits per heavy atom. The van der Waals surface area contributed by atoms with E-state index in [2.05, 4.69) is 0 Å². The summed E-state index contributed by atoms with van der Waals surface area (Å²) in [6.45, 7) is 0.786. The Morgan fingerprint density at radius 1 is 0.905 bits per heavy atom. The van der Waals surface area contributed by atoms with E-state index in [1.54, 1.807) is 6.92 Å². The average Bonchev–Trinajstić information content (AvgIpc) is 2.36. The molecule has 0 bridgehead atoms. The van der Waals surface area contributed by atoms with Gasteiger partial charge in [0.25, 0.3) is 0 Å². The van der Waals surface area contributed by atoms with Crippen LogP contribution < -0.4 is 0 Å². The smallest absolute Gasteiger partial charge is 0.323 e. The highest BCUT2D eigenvalue weighted by molar-refractivity contribution is 5.85. The van der Waals surface area contributed by atoms with Gasteiger partial charge in [0.1, 0.15) is 13.1 Å². The number of nitrogens with zero attached hydrogens (tertiary/aromatic N) is 1. The van der Waals surface area contributed by atoms with Gasteiger partial charge in [0.2, 0.25) is 5.91 Å². The molecule has 8 heteroatoms. The molecule has 0 aromatic heterocycles. The number of unbranched alkanes of at least 4 members (excludes halogenated alkanes) is 2. The molecule has 0 heterocycles. The molecule has 0 aliphatic heterocycles. The highest BCUT2D eigenvalue weighted by atomic mass is 16.5. The van der Waals surface area contributed by atoms with Crippen LogP contribution in [0, 0.1) is 0 Å². The number of ether oxygens (including phenoxy) is 1. The van der Waals surface area contributed by atoms with E-state index in [-0.39, 0.29) is 18.8 Å². The Hall–Kier alpha value is -2.12. The van der Waals surface area contributed by atoms with Crippen LogP contribution in [0.25, 0.3) is 0 Å². The van der Waals surface area contributed by atoms with Crippen LogP contribution in [0.4, 0.5) is 0 Å². The number of hydrogen-bond acceptors (Lipinski definition) is 5. The van der Waals surface area contributed by atoms with Crippen LogP contribution in [0.2, 0.25) is 0 Å². The summed E-state index contributed by atoms with van der Waals surface area (Å²) in [6, 6.07) is 0. The lowest BCUT2D eigenvalue weighted by Crippen LogP contribution is -2.39. The quantitative estimate of drug-likeness (QED) is 0.421. The van der Waals surface area contributed by atoms with Crippen molar-refractivity contribution >= 4 is 23.8 Å². The fourth-order valence-corrected chi connectivity index (χ4v) is 1.67. The lowest BCUT2D eigenvalue weighted by molar-refractivity contribution is -0.149. The van der Waals surface area contributed by atoms with Crippen molar-refractivity contribution in [3.8, 4) is 0 Å². The molecule has 8 nitrogen and oxygen atoms in total. The number of carboxylic acid groups (broad SMARTS) is 2. The predicted octanol–water partition coefficient (Wildman–Crippen LogP) is 0.498. The predicted molar refractivity (Wildman–Crippen MR) is 71.6 cm³/mol. The van der Waals surface area contributed by atoms with Crippen molar-refractivity contribution in [3.05, 3.63) is 0 Å². The first-order chi connectivity index (χ1) is 9.86. The van der Waals surface area contributed by atoms with E-state index in [0.717, 1.165) is 4.90 Å². The summed E-state index contributed by atoms with van der Waals surface area (Å²) >= 11 is 0. The number of carboxylic acids is 2. The van der Waals surface area contributed by atoms with E-state index in [0.29, 0.717) is 25.9 Å². The molecule has 2 N–H and O–H groups in total. The summed E-state index contributed by atoms with van der Waals surface area (Å²) in [5.41, 5.74) is 0. The van der Waals surface area contributed by atoms with Gasteiger partial charge in [0.15, 0.2) is 0 Å². The molecule has 0 unspecified atom stereocenters. The molecule has 0 fully saturated rings. The van der Waals surface area contributed by atoms with E-state index in [9.17, 15) is 19.2 Å². The summed E-state index contributed by atoms with van der Waals surface area (Å²) < 4.78 is 4.75. The van der Waals surface area contributed by atoms with Crippen LogP contribution in [0.1, 0.15) is 39.0 Å². The highest BCUT2D eigenvalue weighted by Gasteiger charge is 2.18. The SMILES string of the molecule is CCOC(=O)CCCCCC(=O)N(CC(=O)O)CC(=O)O. The van der Waals surface area contributed by atoms with Gasteiger partial charge in [-0.3, -0.25) is 19.2 Å². The zero-order valence-corrected chi connectivity index (χ0v) is 12.0. The van der Waals surface area contributed by atoms with E-state index < -0.39 is 30.9 Å². The van der Waals surface area contributed by atoms with E-state index in [1.165, 1.54) is 0 Å². The maximum absolute atomic E-state index is 11.7. The number of carbonyl (C=O) groups excluding carboxylic acids is 2. The number of aliphatic carboxylic acids is 2. The van der Waals surface area contributed by atoms with E-state index >= 15 is 0 Å². The molecular formula is C13H21NO7. The van der Waals surface area contributed by atoms with Gasteiger partial charge in [-0.25, -0.2) is 0 Å². The monoisotopic (exact) mass is 303 g/mol. The molecule has 1 amide bonds. The first-order valence-electron chi connectivity index (χ1n) is 6.73. The minimum Gasteiger partial charge on any atom is -0.480 e. The molecular weight excluding hydrogens is 282 g/mol. The van der Waals surface area contributed by atoms with Crippen molar-refractivity contribution in [2.24, 2.45) is 0 Å². The van der Waals surface area contributed by atoms with Gasteiger partial charge in [-0.15, -0.1) is 0 Å². The third kappa shape index (κ3) is 10.3. The number of rotatable bonds is 11. The first-order valence-corrected chi connectivity index (χ1v) is 6.73. The van der Waals surface area contributed by atoms with Crippen LogP contribution in [0.5, 0.6) is 0 Å². The summed E-state index contributed by atoms with van der Waals surface area (Å²) in [6.07, 6.45) is 1.98. The Kier molecular flexibility index (Phi) is 9.57. The Balaban J connectivity index is 4.00. The van der Waals surface area contributed by atoms with Crippen molar-refractivity contribution in [2.45, 2.75) is 39.0 Å². The van der Waals surface area contributed by atoms with Crippen molar-refractivity contribution in [2.75, 3.05) is 19.7 Å². The van der Waals surface area contributed by atoms with E-state index in [1.807, 2.05) is 0 Å². The first kappa shape index (κ1) is 18.9. The van der Waals surface area contributed by atoms with Crippen LogP contribution in [-0.4, -0.2) is 58.6 Å². The molecule has 0 aliphatic carbocycles. The molecule has 0 rings (SSSR count). The van der Waals surface area contributed by atoms with Crippen molar-refractivity contribution < 1.29 is 34.1 Å². The largest absolute Gasteiger partial charge is 0.480 e. The van der Waals surface area contributed by atoms with Gasteiger partial charge in [0, 0.05) is 12.8 Å². The van der Waals surface area contributed by atoms with Crippen LogP contribution in [0.15, 0.2) is 0 Å². The summed E-state index contributed by atoms with van der Waals surface area (Å²) in [4.78, 5) is 44.7. The zero-order chi connectivity index (χ0) is 16.3. The number of hydrogen-bond donors (Lipinski definition) is 2. The van der Waals surface area contributed by atoms with Gasteiger partial charge in [-0.2, -0.15) is 0 Å². The van der Waals surface area contributed by atoms with Crippen molar-refractivity contribution in [1.82, 2.24) is 4.90 Å². The average molecular weight is 303 g/mol. The fourth-order valence-electron chi connectivity index (χ4n) is 1.67. The number of carbonyl (C=O) groups is 4. The second-order valence-corrected chi connectivity index (χ2v) is 4.40. The standard InChI is InChI=1S/C13H21NO7/c1-2-21-13(20)7-5-3-4-6-10(15)14(8-11(16)17)9-12(18)19/h2-9H2,1H3,(H,16,17)(H,18,19). The third-order valence-corrected chi connectivity index (χ3v) is 2.58. The summed E-state index contributed by atoms with van der Waals surface area (Å²) in [5.74, 6) is -3.32. The molecule has 0 atom stereocenters. The van der Waals surface area contributed by atoms with Crippen LogP contribution in [-0.2, 0) is 23.9 Å². The Labute approximate surface area is 122 Å². The highest BCUT2D eigenvalue weighted by Crippen LogP contribution is 2.06. The summed E-state index contributed by atoms with van der Waals surface area (Å²) in [7, 11) is 0. The minimum atomic E-state index is -1.26. The number of esters is 1. The fraction of sp³-hybridized carbons (Fsp3) is 0.692. The molecule has 120 valence electrons. The van der Waals surface area contributed by atoms with Gasteiger partial charge in [-0.05, 0) is 19.8 Å². The molecule has 0 saturated carbocycles. The Bertz CT molecular complexity index is 365. The number of amides is 1. The molecule has 0 radical (unpaired) electrons. The van der Waals surface area contributed by atoms with Gasteiger partial charge in [-0.1, -0.05) is 6.42 Å². The van der Waals surface area contributed by atoms with Gasteiger partial charge in [0.05, 0.1) is 6.61 Å². The zero-order valence-electron chi connectivity index (χ0n) is 12.0. The lowest BCUT2D eigenvalue weighted by Gasteiger charge is -2.18. The molecule has 0 aliphatic rings. The third-order valence-electron chi connectivity index (χ3n) is 2.58. The molecule has 0 aromatic carbocycles. The second kappa shape index (κ2) is 10.6. The topological polar surface area (TPSA) is 121 Å².